The zero-order chi connectivity index (χ0) is 20.5. The van der Waals surface area contributed by atoms with E-state index in [2.05, 4.69) is 10.9 Å². The molecular formula is C23H22N2O4. The number of carbonyl (C=O) groups is 2. The van der Waals surface area contributed by atoms with Crippen LogP contribution in [0.1, 0.15) is 26.3 Å². The fourth-order valence-electron chi connectivity index (χ4n) is 2.65. The van der Waals surface area contributed by atoms with Gasteiger partial charge in [0.25, 0.3) is 11.8 Å². The van der Waals surface area contributed by atoms with Crippen LogP contribution in [0.25, 0.3) is 0 Å². The highest BCUT2D eigenvalue weighted by atomic mass is 16.5. The van der Waals surface area contributed by atoms with Crippen LogP contribution in [0, 0.1) is 6.92 Å². The van der Waals surface area contributed by atoms with Crippen molar-refractivity contribution >= 4 is 11.8 Å². The van der Waals surface area contributed by atoms with Gasteiger partial charge in [0.15, 0.2) is 0 Å². The molecule has 0 unspecified atom stereocenters. The second kappa shape index (κ2) is 9.94. The standard InChI is InChI=1S/C23H22N2O4/c1-17-8-7-9-18(16-17)22(26)24-25-23(27)20-12-5-6-13-21(20)29-15-14-28-19-10-3-2-4-11-19/h2-13,16H,14-15H2,1H3,(H,24,26)(H,25,27). The molecule has 0 aromatic heterocycles. The third-order valence-corrected chi connectivity index (χ3v) is 4.05. The van der Waals surface area contributed by atoms with Crippen LogP contribution in [0.3, 0.4) is 0 Å². The van der Waals surface area contributed by atoms with Crippen molar-refractivity contribution in [3.63, 3.8) is 0 Å². The Bertz CT molecular complexity index is 973. The Morgan fingerprint density at radius 3 is 2.24 bits per heavy atom. The van der Waals surface area contributed by atoms with Crippen molar-refractivity contribution in [3.05, 3.63) is 95.6 Å². The smallest absolute Gasteiger partial charge is 0.273 e. The molecule has 6 heteroatoms. The Hall–Kier alpha value is -3.80. The molecule has 29 heavy (non-hydrogen) atoms. The molecule has 0 radical (unpaired) electrons. The van der Waals surface area contributed by atoms with Crippen molar-refractivity contribution in [2.45, 2.75) is 6.92 Å². The third-order valence-electron chi connectivity index (χ3n) is 4.05. The highest BCUT2D eigenvalue weighted by molar-refractivity contribution is 6.00. The predicted molar refractivity (Wildman–Crippen MR) is 110 cm³/mol. The van der Waals surface area contributed by atoms with Gasteiger partial charge in [-0.25, -0.2) is 0 Å². The Balaban J connectivity index is 1.53. The van der Waals surface area contributed by atoms with E-state index >= 15 is 0 Å². The highest BCUT2D eigenvalue weighted by Gasteiger charge is 2.13. The third kappa shape index (κ3) is 5.84. The van der Waals surface area contributed by atoms with Gasteiger partial charge in [-0.1, -0.05) is 48.0 Å². The lowest BCUT2D eigenvalue weighted by atomic mass is 10.1. The molecule has 2 amide bonds. The summed E-state index contributed by atoms with van der Waals surface area (Å²) in [6.07, 6.45) is 0. The number of para-hydroxylation sites is 2. The SMILES string of the molecule is Cc1cccc(C(=O)NNC(=O)c2ccccc2OCCOc2ccccc2)c1. The number of aryl methyl sites for hydroxylation is 1. The van der Waals surface area contributed by atoms with Gasteiger partial charge >= 0.3 is 0 Å². The summed E-state index contributed by atoms with van der Waals surface area (Å²) in [6, 6.07) is 23.3. The summed E-state index contributed by atoms with van der Waals surface area (Å²) in [4.78, 5) is 24.7. The first kappa shape index (κ1) is 19.9. The molecule has 0 fully saturated rings. The average molecular weight is 390 g/mol. The molecule has 3 aromatic rings. The molecule has 3 rings (SSSR count). The maximum Gasteiger partial charge on any atom is 0.273 e. The van der Waals surface area contributed by atoms with E-state index in [4.69, 9.17) is 9.47 Å². The van der Waals surface area contributed by atoms with Gasteiger partial charge in [0.05, 0.1) is 5.56 Å². The van der Waals surface area contributed by atoms with Gasteiger partial charge in [-0.3, -0.25) is 20.4 Å². The summed E-state index contributed by atoms with van der Waals surface area (Å²) in [6.45, 7) is 2.50. The zero-order valence-corrected chi connectivity index (χ0v) is 16.1. The molecule has 0 aliphatic carbocycles. The zero-order valence-electron chi connectivity index (χ0n) is 16.1. The number of rotatable bonds is 7. The number of nitrogens with one attached hydrogen (secondary N) is 2. The number of hydrogen-bond donors (Lipinski definition) is 2. The number of ether oxygens (including phenoxy) is 2. The van der Waals surface area contributed by atoms with Crippen molar-refractivity contribution in [2.24, 2.45) is 0 Å². The summed E-state index contributed by atoms with van der Waals surface area (Å²) < 4.78 is 11.3. The summed E-state index contributed by atoms with van der Waals surface area (Å²) in [5, 5.41) is 0. The molecule has 0 heterocycles. The van der Waals surface area contributed by atoms with Gasteiger partial charge in [-0.15, -0.1) is 0 Å². The lowest BCUT2D eigenvalue weighted by molar-refractivity contribution is 0.0843. The molecule has 0 atom stereocenters. The number of benzene rings is 3. The first-order chi connectivity index (χ1) is 14.1. The normalized spacial score (nSPS) is 10.1. The van der Waals surface area contributed by atoms with Crippen LogP contribution in [-0.2, 0) is 0 Å². The molecular weight excluding hydrogens is 368 g/mol. The van der Waals surface area contributed by atoms with E-state index in [0.717, 1.165) is 11.3 Å². The second-order valence-corrected chi connectivity index (χ2v) is 6.28. The van der Waals surface area contributed by atoms with Crippen LogP contribution in [0.2, 0.25) is 0 Å². The molecule has 0 aliphatic rings. The van der Waals surface area contributed by atoms with E-state index in [1.165, 1.54) is 0 Å². The lowest BCUT2D eigenvalue weighted by Gasteiger charge is -2.13. The van der Waals surface area contributed by atoms with Crippen molar-refractivity contribution in [1.29, 1.82) is 0 Å². The first-order valence-electron chi connectivity index (χ1n) is 9.20. The summed E-state index contributed by atoms with van der Waals surface area (Å²) >= 11 is 0. The van der Waals surface area contributed by atoms with E-state index in [-0.39, 0.29) is 6.61 Å². The Morgan fingerprint density at radius 1 is 0.759 bits per heavy atom. The molecule has 0 saturated heterocycles. The maximum atomic E-state index is 12.5. The Kier molecular flexibility index (Phi) is 6.84. The van der Waals surface area contributed by atoms with Gasteiger partial charge in [-0.05, 0) is 43.3 Å². The van der Waals surface area contributed by atoms with Gasteiger partial charge in [0.1, 0.15) is 24.7 Å². The van der Waals surface area contributed by atoms with E-state index in [0.29, 0.717) is 23.5 Å². The predicted octanol–water partition coefficient (Wildman–Crippen LogP) is 3.53. The molecule has 2 N–H and O–H groups in total. The Labute approximate surface area is 169 Å². The van der Waals surface area contributed by atoms with Gasteiger partial charge in [0, 0.05) is 5.56 Å². The summed E-state index contributed by atoms with van der Waals surface area (Å²) in [7, 11) is 0. The van der Waals surface area contributed by atoms with Crippen molar-refractivity contribution in [3.8, 4) is 11.5 Å². The number of hydrogen-bond acceptors (Lipinski definition) is 4. The van der Waals surface area contributed by atoms with E-state index in [1.807, 2.05) is 43.3 Å². The van der Waals surface area contributed by atoms with Crippen molar-refractivity contribution in [1.82, 2.24) is 10.9 Å². The number of hydrazine groups is 1. The van der Waals surface area contributed by atoms with Crippen LogP contribution in [0.5, 0.6) is 11.5 Å². The number of carbonyl (C=O) groups excluding carboxylic acids is 2. The van der Waals surface area contributed by atoms with Gasteiger partial charge in [0.2, 0.25) is 0 Å². The van der Waals surface area contributed by atoms with Crippen molar-refractivity contribution in [2.75, 3.05) is 13.2 Å². The molecule has 3 aromatic carbocycles. The Morgan fingerprint density at radius 2 is 1.45 bits per heavy atom. The molecule has 0 saturated carbocycles. The maximum absolute atomic E-state index is 12.5. The average Bonchev–Trinajstić information content (AvgIpc) is 2.76. The summed E-state index contributed by atoms with van der Waals surface area (Å²) in [5.74, 6) is 0.301. The van der Waals surface area contributed by atoms with Crippen LogP contribution in [0.4, 0.5) is 0 Å². The molecule has 0 spiro atoms. The van der Waals surface area contributed by atoms with Crippen molar-refractivity contribution < 1.29 is 19.1 Å². The quantitative estimate of drug-likeness (QED) is 0.478. The van der Waals surface area contributed by atoms with E-state index in [1.54, 1.807) is 42.5 Å². The topological polar surface area (TPSA) is 76.7 Å². The molecule has 0 aliphatic heterocycles. The highest BCUT2D eigenvalue weighted by Crippen LogP contribution is 2.18. The fourth-order valence-corrected chi connectivity index (χ4v) is 2.65. The second-order valence-electron chi connectivity index (χ2n) is 6.28. The minimum atomic E-state index is -0.467. The minimum absolute atomic E-state index is 0.273. The fraction of sp³-hybridized carbons (Fsp3) is 0.130. The van der Waals surface area contributed by atoms with Crippen LogP contribution in [0.15, 0.2) is 78.9 Å². The molecule has 148 valence electrons. The molecule has 0 bridgehead atoms. The van der Waals surface area contributed by atoms with E-state index < -0.39 is 11.8 Å². The van der Waals surface area contributed by atoms with Crippen LogP contribution < -0.4 is 20.3 Å². The monoisotopic (exact) mass is 390 g/mol. The van der Waals surface area contributed by atoms with Crippen LogP contribution >= 0.6 is 0 Å². The lowest BCUT2D eigenvalue weighted by Crippen LogP contribution is -2.41. The van der Waals surface area contributed by atoms with Gasteiger partial charge < -0.3 is 9.47 Å². The summed E-state index contributed by atoms with van der Waals surface area (Å²) in [5.41, 5.74) is 6.59. The van der Waals surface area contributed by atoms with Crippen LogP contribution in [-0.4, -0.2) is 25.0 Å². The minimum Gasteiger partial charge on any atom is -0.490 e. The number of amides is 2. The van der Waals surface area contributed by atoms with Gasteiger partial charge in [-0.2, -0.15) is 0 Å². The van der Waals surface area contributed by atoms with E-state index in [9.17, 15) is 9.59 Å². The first-order valence-corrected chi connectivity index (χ1v) is 9.20. The molecule has 6 nitrogen and oxygen atoms in total. The largest absolute Gasteiger partial charge is 0.490 e.